The lowest BCUT2D eigenvalue weighted by atomic mass is 9.87. The van der Waals surface area contributed by atoms with Crippen LogP contribution in [0.3, 0.4) is 0 Å². The predicted octanol–water partition coefficient (Wildman–Crippen LogP) is 8.77. The highest BCUT2D eigenvalue weighted by atomic mass is 35.5. The Labute approximate surface area is 246 Å². The van der Waals surface area contributed by atoms with Crippen molar-refractivity contribution in [2.45, 2.75) is 46.1 Å². The minimum atomic E-state index is 0.205. The predicted molar refractivity (Wildman–Crippen MR) is 172 cm³/mol. The molecule has 39 heavy (non-hydrogen) atoms. The lowest BCUT2D eigenvalue weighted by Gasteiger charge is -2.36. The van der Waals surface area contributed by atoms with Gasteiger partial charge in [0.25, 0.3) is 0 Å². The van der Waals surface area contributed by atoms with Crippen molar-refractivity contribution in [1.82, 2.24) is 9.91 Å². The van der Waals surface area contributed by atoms with E-state index >= 15 is 0 Å². The van der Waals surface area contributed by atoms with Crippen LogP contribution in [0, 0.1) is 11.8 Å². The van der Waals surface area contributed by atoms with Crippen LogP contribution in [0.4, 0.5) is 0 Å². The van der Waals surface area contributed by atoms with Gasteiger partial charge in [-0.05, 0) is 87.5 Å². The molecular weight excluding hydrogens is 521 g/mol. The molecule has 5 heteroatoms. The number of hydrazone groups is 1. The molecule has 2 heterocycles. The maximum absolute atomic E-state index is 6.02. The van der Waals surface area contributed by atoms with Crippen LogP contribution in [0.25, 0.3) is 0 Å². The zero-order valence-corrected chi connectivity index (χ0v) is 25.2. The average molecular weight is 565 g/mol. The van der Waals surface area contributed by atoms with E-state index in [1.165, 1.54) is 29.7 Å². The average Bonchev–Trinajstić information content (AvgIpc) is 3.23. The summed E-state index contributed by atoms with van der Waals surface area (Å²) < 4.78 is 0. The van der Waals surface area contributed by atoms with Gasteiger partial charge in [-0.3, -0.25) is 5.01 Å². The molecule has 1 saturated heterocycles. The van der Waals surface area contributed by atoms with Gasteiger partial charge in [0.1, 0.15) is 0 Å². The first-order chi connectivity index (χ1) is 18.9. The van der Waals surface area contributed by atoms with Crippen LogP contribution in [0.2, 0.25) is 5.02 Å². The monoisotopic (exact) mass is 563 g/mol. The number of likely N-dealkylation sites (tertiary alicyclic amines) is 1. The smallest absolute Gasteiger partial charge is 0.0841 e. The molecule has 0 aromatic heterocycles. The highest BCUT2D eigenvalue weighted by Gasteiger charge is 2.28. The van der Waals surface area contributed by atoms with Crippen molar-refractivity contribution < 1.29 is 0 Å². The van der Waals surface area contributed by atoms with Gasteiger partial charge >= 0.3 is 0 Å². The Morgan fingerprint density at radius 1 is 1.10 bits per heavy atom. The number of benzene rings is 1. The second kappa shape index (κ2) is 16.5. The van der Waals surface area contributed by atoms with E-state index in [4.69, 9.17) is 28.3 Å². The molecule has 0 bridgehead atoms. The standard InChI is InChI=1S/C29H36ClN3.C5H7Cl/c1-3-8-23(2)26-21-29(31-33(22-26)28-9-6-4-5-7-10-28)25-16-19-32(20-17-25)18-15-24-11-13-27(30)14-12-24;1-3-4-5(2)6/h3-14,21,23,25,28H,15-20,22H2,1-2H3;3-4H,1H2,2H3/b8-3-;5-4+. The molecule has 208 valence electrons. The van der Waals surface area contributed by atoms with Crippen LogP contribution in [-0.2, 0) is 6.42 Å². The minimum Gasteiger partial charge on any atom is -0.303 e. The Balaban J connectivity index is 0.000000631. The third-order valence-corrected chi connectivity index (χ3v) is 7.64. The van der Waals surface area contributed by atoms with Gasteiger partial charge in [-0.25, -0.2) is 0 Å². The van der Waals surface area contributed by atoms with Crippen molar-refractivity contribution in [2.75, 3.05) is 26.2 Å². The Bertz CT molecular complexity index is 1110. The first kappa shape index (κ1) is 30.9. The summed E-state index contributed by atoms with van der Waals surface area (Å²) in [5.74, 6) is 0.962. The van der Waals surface area contributed by atoms with E-state index in [0.717, 1.165) is 42.7 Å². The second-order valence-electron chi connectivity index (χ2n) is 10.3. The summed E-state index contributed by atoms with van der Waals surface area (Å²) in [6.45, 7) is 13.9. The van der Waals surface area contributed by atoms with E-state index in [-0.39, 0.29) is 6.04 Å². The molecule has 0 N–H and O–H groups in total. The molecule has 2 aliphatic heterocycles. The molecule has 1 unspecified atom stereocenters. The molecular formula is C34H43Cl2N3. The number of allylic oxidation sites excluding steroid dienone is 10. The van der Waals surface area contributed by atoms with Gasteiger partial charge in [0.15, 0.2) is 0 Å². The minimum absolute atomic E-state index is 0.205. The van der Waals surface area contributed by atoms with E-state index in [9.17, 15) is 0 Å². The van der Waals surface area contributed by atoms with E-state index in [1.54, 1.807) is 12.2 Å². The van der Waals surface area contributed by atoms with Gasteiger partial charge in [0, 0.05) is 22.5 Å². The summed E-state index contributed by atoms with van der Waals surface area (Å²) in [7, 11) is 0. The van der Waals surface area contributed by atoms with E-state index < -0.39 is 0 Å². The summed E-state index contributed by atoms with van der Waals surface area (Å²) in [4.78, 5) is 2.60. The van der Waals surface area contributed by atoms with Crippen molar-refractivity contribution in [2.24, 2.45) is 16.9 Å². The van der Waals surface area contributed by atoms with Crippen molar-refractivity contribution in [3.8, 4) is 0 Å². The molecule has 1 atom stereocenters. The van der Waals surface area contributed by atoms with Crippen molar-refractivity contribution >= 4 is 28.9 Å². The van der Waals surface area contributed by atoms with Gasteiger partial charge in [0.2, 0.25) is 0 Å². The molecule has 1 aliphatic carbocycles. The number of nitrogens with zero attached hydrogens (tertiary/aromatic N) is 3. The lowest BCUT2D eigenvalue weighted by Crippen LogP contribution is -2.40. The van der Waals surface area contributed by atoms with Crippen LogP contribution in [0.1, 0.15) is 39.2 Å². The van der Waals surface area contributed by atoms with Gasteiger partial charge in [0.05, 0.1) is 18.3 Å². The molecule has 4 rings (SSSR count). The molecule has 1 aromatic rings. The van der Waals surface area contributed by atoms with Crippen LogP contribution >= 0.6 is 23.2 Å². The van der Waals surface area contributed by atoms with Crippen molar-refractivity contribution in [3.05, 3.63) is 119 Å². The maximum atomic E-state index is 6.02. The molecule has 0 spiro atoms. The molecule has 3 nitrogen and oxygen atoms in total. The summed E-state index contributed by atoms with van der Waals surface area (Å²) in [5, 5.41) is 9.03. The van der Waals surface area contributed by atoms with Gasteiger partial charge in [-0.1, -0.05) is 104 Å². The molecule has 0 amide bonds. The second-order valence-corrected chi connectivity index (χ2v) is 11.3. The Morgan fingerprint density at radius 2 is 1.77 bits per heavy atom. The van der Waals surface area contributed by atoms with Crippen molar-refractivity contribution in [1.29, 1.82) is 0 Å². The van der Waals surface area contributed by atoms with Crippen molar-refractivity contribution in [3.63, 3.8) is 0 Å². The third-order valence-electron chi connectivity index (χ3n) is 7.27. The fourth-order valence-electron chi connectivity index (χ4n) is 4.99. The first-order valence-corrected chi connectivity index (χ1v) is 14.8. The number of hydrogen-bond donors (Lipinski definition) is 0. The third kappa shape index (κ3) is 10.5. The van der Waals surface area contributed by atoms with Crippen LogP contribution in [-0.4, -0.2) is 47.8 Å². The number of halogens is 2. The fourth-order valence-corrected chi connectivity index (χ4v) is 5.21. The quantitative estimate of drug-likeness (QED) is 0.232. The summed E-state index contributed by atoms with van der Waals surface area (Å²) in [6, 6.07) is 8.47. The zero-order chi connectivity index (χ0) is 28.0. The highest BCUT2D eigenvalue weighted by Crippen LogP contribution is 2.27. The Hall–Kier alpha value is -2.59. The normalized spacial score (nSPS) is 19.8. The van der Waals surface area contributed by atoms with Crippen LogP contribution in [0.15, 0.2) is 113 Å². The summed E-state index contributed by atoms with van der Waals surface area (Å²) in [5.41, 5.74) is 4.09. The first-order valence-electron chi connectivity index (χ1n) is 14.0. The molecule has 0 saturated carbocycles. The fraction of sp³-hybridized carbons (Fsp3) is 0.382. The number of rotatable bonds is 8. The molecule has 1 aromatic carbocycles. The van der Waals surface area contributed by atoms with E-state index in [0.29, 0.717) is 11.8 Å². The summed E-state index contributed by atoms with van der Waals surface area (Å²) >= 11 is 11.4. The molecule has 1 fully saturated rings. The van der Waals surface area contributed by atoms with Gasteiger partial charge in [-0.2, -0.15) is 5.10 Å². The molecule has 0 radical (unpaired) electrons. The largest absolute Gasteiger partial charge is 0.303 e. The topological polar surface area (TPSA) is 18.8 Å². The number of piperidine rings is 1. The van der Waals surface area contributed by atoms with E-state index in [2.05, 4.69) is 97.2 Å². The maximum Gasteiger partial charge on any atom is 0.0841 e. The van der Waals surface area contributed by atoms with Gasteiger partial charge < -0.3 is 4.90 Å². The lowest BCUT2D eigenvalue weighted by molar-refractivity contribution is 0.208. The SMILES string of the molecule is C/C=C\C(C)C1=CC(C2CCN(CCc3ccc(Cl)cc3)CC2)=NN(C2C=CC=CC=C2)C1.C=C/C=C(\C)Cl. The number of hydrogen-bond acceptors (Lipinski definition) is 3. The van der Waals surface area contributed by atoms with E-state index in [1.807, 2.05) is 19.1 Å². The highest BCUT2D eigenvalue weighted by molar-refractivity contribution is 6.30. The Morgan fingerprint density at radius 3 is 2.33 bits per heavy atom. The Kier molecular flexibility index (Phi) is 13.1. The summed E-state index contributed by atoms with van der Waals surface area (Å²) in [6.07, 6.45) is 26.6. The van der Waals surface area contributed by atoms with Crippen LogP contribution in [0.5, 0.6) is 0 Å². The molecule has 3 aliphatic rings. The zero-order valence-electron chi connectivity index (χ0n) is 23.6. The van der Waals surface area contributed by atoms with Crippen LogP contribution < -0.4 is 0 Å². The van der Waals surface area contributed by atoms with Gasteiger partial charge in [-0.15, -0.1) is 0 Å².